The van der Waals surface area contributed by atoms with Crippen LogP contribution in [0, 0.1) is 18.7 Å². The first-order chi connectivity index (χ1) is 7.95. The van der Waals surface area contributed by atoms with Crippen molar-refractivity contribution in [1.29, 1.82) is 0 Å². The first-order valence-corrected chi connectivity index (χ1v) is 7.11. The molecule has 1 N–H and O–H groups in total. The van der Waals surface area contributed by atoms with Crippen LogP contribution in [0.25, 0.3) is 0 Å². The number of aryl methyl sites for hydroxylation is 1. The number of hydrogen-bond donors (Lipinski definition) is 1. The van der Waals surface area contributed by atoms with E-state index in [1.54, 1.807) is 13.0 Å². The van der Waals surface area contributed by atoms with E-state index >= 15 is 0 Å². The van der Waals surface area contributed by atoms with Gasteiger partial charge in [-0.15, -0.1) is 0 Å². The zero-order valence-corrected chi connectivity index (χ0v) is 12.4. The SMILES string of the molecule is Cc1cc(C(=O)NC(CI)C(C)C)ccc1F. The number of halogens is 2. The Morgan fingerprint density at radius 3 is 2.59 bits per heavy atom. The molecule has 0 saturated carbocycles. The Hall–Kier alpha value is -0.650. The lowest BCUT2D eigenvalue weighted by atomic mass is 10.1. The lowest BCUT2D eigenvalue weighted by Crippen LogP contribution is -2.39. The van der Waals surface area contributed by atoms with Crippen LogP contribution in [0.5, 0.6) is 0 Å². The zero-order valence-electron chi connectivity index (χ0n) is 10.3. The van der Waals surface area contributed by atoms with Crippen LogP contribution in [0.4, 0.5) is 4.39 Å². The number of hydrogen-bond acceptors (Lipinski definition) is 1. The quantitative estimate of drug-likeness (QED) is 0.656. The number of carbonyl (C=O) groups is 1. The molecule has 0 heterocycles. The molecular weight excluding hydrogens is 332 g/mol. The monoisotopic (exact) mass is 349 g/mol. The van der Waals surface area contributed by atoms with Crippen molar-refractivity contribution in [2.24, 2.45) is 5.92 Å². The number of carbonyl (C=O) groups excluding carboxylic acids is 1. The zero-order chi connectivity index (χ0) is 13.0. The summed E-state index contributed by atoms with van der Waals surface area (Å²) in [5, 5.41) is 2.96. The molecule has 94 valence electrons. The Morgan fingerprint density at radius 2 is 2.12 bits per heavy atom. The van der Waals surface area contributed by atoms with Gasteiger partial charge < -0.3 is 5.32 Å². The molecule has 0 bridgehead atoms. The lowest BCUT2D eigenvalue weighted by Gasteiger charge is -2.20. The number of amides is 1. The summed E-state index contributed by atoms with van der Waals surface area (Å²) in [7, 11) is 0. The van der Waals surface area contributed by atoms with Gasteiger partial charge in [0.2, 0.25) is 0 Å². The van der Waals surface area contributed by atoms with Crippen LogP contribution in [-0.4, -0.2) is 16.4 Å². The maximum Gasteiger partial charge on any atom is 0.251 e. The first-order valence-electron chi connectivity index (χ1n) is 5.58. The molecule has 1 unspecified atom stereocenters. The average molecular weight is 349 g/mol. The second-order valence-electron chi connectivity index (χ2n) is 4.44. The van der Waals surface area contributed by atoms with Crippen molar-refractivity contribution in [1.82, 2.24) is 5.32 Å². The van der Waals surface area contributed by atoms with Crippen molar-refractivity contribution in [3.05, 3.63) is 35.1 Å². The van der Waals surface area contributed by atoms with Gasteiger partial charge in [0.15, 0.2) is 0 Å². The summed E-state index contributed by atoms with van der Waals surface area (Å²) in [5.41, 5.74) is 1.01. The fourth-order valence-electron chi connectivity index (χ4n) is 1.42. The van der Waals surface area contributed by atoms with Gasteiger partial charge in [0, 0.05) is 16.0 Å². The van der Waals surface area contributed by atoms with E-state index in [1.165, 1.54) is 12.1 Å². The molecule has 1 aromatic carbocycles. The number of rotatable bonds is 4. The maximum atomic E-state index is 13.1. The molecule has 2 nitrogen and oxygen atoms in total. The Kier molecular flexibility index (Phi) is 5.36. The normalized spacial score (nSPS) is 12.6. The minimum absolute atomic E-state index is 0.136. The second-order valence-corrected chi connectivity index (χ2v) is 5.32. The minimum Gasteiger partial charge on any atom is -0.348 e. The van der Waals surface area contributed by atoms with Gasteiger partial charge in [-0.1, -0.05) is 36.4 Å². The third kappa shape index (κ3) is 3.94. The third-order valence-corrected chi connectivity index (χ3v) is 3.66. The van der Waals surface area contributed by atoms with Crippen LogP contribution >= 0.6 is 22.6 Å². The molecule has 0 radical (unpaired) electrons. The molecule has 0 fully saturated rings. The second kappa shape index (κ2) is 6.33. The van der Waals surface area contributed by atoms with Crippen molar-refractivity contribution in [2.75, 3.05) is 4.43 Å². The molecule has 0 aliphatic rings. The van der Waals surface area contributed by atoms with E-state index in [1.807, 2.05) is 0 Å². The predicted molar refractivity (Wildman–Crippen MR) is 76.1 cm³/mol. The Morgan fingerprint density at radius 1 is 1.47 bits per heavy atom. The lowest BCUT2D eigenvalue weighted by molar-refractivity contribution is 0.0932. The molecule has 0 aliphatic carbocycles. The van der Waals surface area contributed by atoms with E-state index in [0.29, 0.717) is 17.0 Å². The Balaban J connectivity index is 2.79. The summed E-state index contributed by atoms with van der Waals surface area (Å²) in [4.78, 5) is 11.9. The van der Waals surface area contributed by atoms with Gasteiger partial charge in [0.1, 0.15) is 5.82 Å². The van der Waals surface area contributed by atoms with Gasteiger partial charge in [0.05, 0.1) is 0 Å². The number of alkyl halides is 1. The van der Waals surface area contributed by atoms with Gasteiger partial charge >= 0.3 is 0 Å². The molecule has 1 atom stereocenters. The summed E-state index contributed by atoms with van der Waals surface area (Å²) >= 11 is 2.25. The highest BCUT2D eigenvalue weighted by Crippen LogP contribution is 2.11. The molecular formula is C13H17FINO. The standard InChI is InChI=1S/C13H17FINO/c1-8(2)12(7-15)16-13(17)10-4-5-11(14)9(3)6-10/h4-6,8,12H,7H2,1-3H3,(H,16,17). The van der Waals surface area contributed by atoms with Crippen LogP contribution < -0.4 is 5.32 Å². The highest BCUT2D eigenvalue weighted by Gasteiger charge is 2.16. The van der Waals surface area contributed by atoms with E-state index in [-0.39, 0.29) is 17.8 Å². The number of nitrogens with one attached hydrogen (secondary N) is 1. The maximum absolute atomic E-state index is 13.1. The van der Waals surface area contributed by atoms with Crippen molar-refractivity contribution in [3.8, 4) is 0 Å². The summed E-state index contributed by atoms with van der Waals surface area (Å²) < 4.78 is 13.9. The average Bonchev–Trinajstić information content (AvgIpc) is 2.28. The topological polar surface area (TPSA) is 29.1 Å². The Labute approximate surface area is 115 Å². The molecule has 4 heteroatoms. The van der Waals surface area contributed by atoms with Crippen molar-refractivity contribution in [3.63, 3.8) is 0 Å². The molecule has 1 aromatic rings. The molecule has 17 heavy (non-hydrogen) atoms. The van der Waals surface area contributed by atoms with Gasteiger partial charge in [-0.3, -0.25) is 4.79 Å². The van der Waals surface area contributed by atoms with Gasteiger partial charge in [-0.05, 0) is 36.6 Å². The van der Waals surface area contributed by atoms with E-state index in [2.05, 4.69) is 41.8 Å². The molecule has 1 amide bonds. The number of benzene rings is 1. The van der Waals surface area contributed by atoms with Crippen LogP contribution in [0.3, 0.4) is 0 Å². The summed E-state index contributed by atoms with van der Waals surface area (Å²) in [6.07, 6.45) is 0. The molecule has 0 aromatic heterocycles. The highest BCUT2D eigenvalue weighted by molar-refractivity contribution is 14.1. The summed E-state index contributed by atoms with van der Waals surface area (Å²) in [5.74, 6) is -0.0308. The van der Waals surface area contributed by atoms with Crippen LogP contribution in [-0.2, 0) is 0 Å². The highest BCUT2D eigenvalue weighted by atomic mass is 127. The van der Waals surface area contributed by atoms with Gasteiger partial charge in [-0.25, -0.2) is 4.39 Å². The summed E-state index contributed by atoms with van der Waals surface area (Å²) in [6, 6.07) is 4.57. The van der Waals surface area contributed by atoms with E-state index < -0.39 is 0 Å². The smallest absolute Gasteiger partial charge is 0.251 e. The molecule has 0 spiro atoms. The molecule has 0 saturated heterocycles. The van der Waals surface area contributed by atoms with Crippen molar-refractivity contribution in [2.45, 2.75) is 26.8 Å². The van der Waals surface area contributed by atoms with E-state index in [4.69, 9.17) is 0 Å². The van der Waals surface area contributed by atoms with Crippen LogP contribution in [0.2, 0.25) is 0 Å². The predicted octanol–water partition coefficient (Wildman–Crippen LogP) is 3.32. The molecule has 0 aliphatic heterocycles. The first kappa shape index (κ1) is 14.4. The van der Waals surface area contributed by atoms with Crippen LogP contribution in [0.1, 0.15) is 29.8 Å². The van der Waals surface area contributed by atoms with E-state index in [9.17, 15) is 9.18 Å². The fourth-order valence-corrected chi connectivity index (χ4v) is 2.66. The summed E-state index contributed by atoms with van der Waals surface area (Å²) in [6.45, 7) is 5.80. The van der Waals surface area contributed by atoms with E-state index in [0.717, 1.165) is 4.43 Å². The van der Waals surface area contributed by atoms with Crippen molar-refractivity contribution >= 4 is 28.5 Å². The molecule has 1 rings (SSSR count). The van der Waals surface area contributed by atoms with Crippen molar-refractivity contribution < 1.29 is 9.18 Å². The van der Waals surface area contributed by atoms with Gasteiger partial charge in [-0.2, -0.15) is 0 Å². The van der Waals surface area contributed by atoms with Crippen LogP contribution in [0.15, 0.2) is 18.2 Å². The fraction of sp³-hybridized carbons (Fsp3) is 0.462. The third-order valence-electron chi connectivity index (χ3n) is 2.71. The largest absolute Gasteiger partial charge is 0.348 e. The van der Waals surface area contributed by atoms with Gasteiger partial charge in [0.25, 0.3) is 5.91 Å². The minimum atomic E-state index is -0.282. The Bertz CT molecular complexity index is 406.